The summed E-state index contributed by atoms with van der Waals surface area (Å²) in [6.07, 6.45) is 36.5. The Morgan fingerprint density at radius 3 is 1.90 bits per heavy atom. The van der Waals surface area contributed by atoms with Gasteiger partial charge in [-0.1, -0.05) is 168 Å². The molecule has 0 radical (unpaired) electrons. The van der Waals surface area contributed by atoms with Crippen LogP contribution in [-0.2, 0) is 9.78 Å². The summed E-state index contributed by atoms with van der Waals surface area (Å²) in [5.41, 5.74) is 1.73. The molecule has 2 heterocycles. The number of H-pyrrole nitrogens is 1. The molecule has 1 aliphatic rings. The lowest BCUT2D eigenvalue weighted by atomic mass is 9.94. The van der Waals surface area contributed by atoms with E-state index in [-0.39, 0.29) is 17.5 Å². The Kier molecular flexibility index (Phi) is 22.2. The van der Waals surface area contributed by atoms with E-state index in [1.807, 2.05) is 4.57 Å². The number of aliphatic hydroxyl groups excluding tert-OH is 1. The minimum Gasteiger partial charge on any atom is -0.392 e. The SMILES string of the molecule is C=C(CCCCCCCCCCCCCCC[C@H]1C(=C)[C@@H](n2cnc3c(=O)[nH]c(C)nc32)C[C@@H]1O)OOCCCCCCCCCCCCCC. The van der Waals surface area contributed by atoms with Crippen LogP contribution in [0.25, 0.3) is 11.2 Å². The summed E-state index contributed by atoms with van der Waals surface area (Å²) in [5.74, 6) is 1.43. The van der Waals surface area contributed by atoms with Gasteiger partial charge in [0, 0.05) is 12.3 Å². The highest BCUT2D eigenvalue weighted by Crippen LogP contribution is 2.42. The van der Waals surface area contributed by atoms with Crippen molar-refractivity contribution in [3.8, 4) is 0 Å². The number of aryl methyl sites for hydroxylation is 1. The van der Waals surface area contributed by atoms with E-state index in [0.717, 1.165) is 43.4 Å². The summed E-state index contributed by atoms with van der Waals surface area (Å²) in [5, 5.41) is 10.8. The zero-order valence-electron chi connectivity index (χ0n) is 32.7. The predicted octanol–water partition coefficient (Wildman–Crippen LogP) is 11.9. The van der Waals surface area contributed by atoms with Gasteiger partial charge in [-0.05, 0) is 38.2 Å². The van der Waals surface area contributed by atoms with E-state index >= 15 is 0 Å². The topological polar surface area (TPSA) is 102 Å². The number of hydrogen-bond acceptors (Lipinski definition) is 6. The number of nitrogens with zero attached hydrogens (tertiary/aromatic N) is 3. The highest BCUT2D eigenvalue weighted by Gasteiger charge is 2.37. The van der Waals surface area contributed by atoms with Crippen molar-refractivity contribution in [2.45, 2.75) is 206 Å². The summed E-state index contributed by atoms with van der Waals surface area (Å²) in [6, 6.07) is -0.0676. The highest BCUT2D eigenvalue weighted by molar-refractivity contribution is 5.69. The van der Waals surface area contributed by atoms with E-state index in [0.29, 0.717) is 30.0 Å². The molecular weight excluding hydrogens is 636 g/mol. The van der Waals surface area contributed by atoms with Gasteiger partial charge < -0.3 is 19.5 Å². The van der Waals surface area contributed by atoms with Crippen LogP contribution in [0.15, 0.2) is 35.6 Å². The van der Waals surface area contributed by atoms with E-state index < -0.39 is 6.10 Å². The summed E-state index contributed by atoms with van der Waals surface area (Å²) in [4.78, 5) is 34.5. The van der Waals surface area contributed by atoms with Crippen LogP contribution in [0.1, 0.15) is 199 Å². The largest absolute Gasteiger partial charge is 0.392 e. The Morgan fingerprint density at radius 2 is 1.33 bits per heavy atom. The fourth-order valence-electron chi connectivity index (χ4n) is 7.77. The molecule has 51 heavy (non-hydrogen) atoms. The van der Waals surface area contributed by atoms with Crippen LogP contribution in [-0.4, -0.2) is 37.3 Å². The number of hydrogen-bond donors (Lipinski definition) is 2. The lowest BCUT2D eigenvalue weighted by Gasteiger charge is -2.17. The zero-order chi connectivity index (χ0) is 36.5. The zero-order valence-corrected chi connectivity index (χ0v) is 32.7. The second-order valence-corrected chi connectivity index (χ2v) is 15.4. The van der Waals surface area contributed by atoms with Crippen molar-refractivity contribution in [2.75, 3.05) is 6.61 Å². The predicted molar refractivity (Wildman–Crippen MR) is 212 cm³/mol. The standard InChI is InChI=1S/C43H74N4O4/c1-5-6-7-8-9-10-11-17-20-23-26-29-32-50-51-35(2)30-27-24-21-18-15-13-12-14-16-19-22-25-28-31-38-36(3)39(33-40(38)48)47-34-44-41-42(47)45-37(4)46-43(41)49/h34,38-40,48H,2-3,5-33H2,1,4H3,(H,45,46,49)/t38-,39-,40-/m0/s1. The van der Waals surface area contributed by atoms with Crippen LogP contribution >= 0.6 is 0 Å². The number of allylic oxidation sites excluding steroid dienone is 1. The van der Waals surface area contributed by atoms with E-state index in [4.69, 9.17) is 9.78 Å². The van der Waals surface area contributed by atoms with Gasteiger partial charge in [0.05, 0.1) is 25.1 Å². The second kappa shape index (κ2) is 26.3. The molecule has 8 heteroatoms. The Bertz CT molecular complexity index is 1290. The first kappa shape index (κ1) is 43.0. The fourth-order valence-corrected chi connectivity index (χ4v) is 7.77. The molecule has 1 aliphatic carbocycles. The molecule has 0 bridgehead atoms. The molecule has 2 aromatic heterocycles. The third-order valence-corrected chi connectivity index (χ3v) is 10.9. The van der Waals surface area contributed by atoms with Gasteiger partial charge in [-0.3, -0.25) is 4.79 Å². The van der Waals surface area contributed by atoms with Crippen molar-refractivity contribution < 1.29 is 14.9 Å². The maximum absolute atomic E-state index is 12.2. The number of aliphatic hydroxyl groups is 1. The molecule has 0 aromatic carbocycles. The van der Waals surface area contributed by atoms with Crippen LogP contribution in [0.3, 0.4) is 0 Å². The van der Waals surface area contributed by atoms with E-state index in [1.165, 1.54) is 141 Å². The average molecular weight is 711 g/mol. The molecule has 0 amide bonds. The van der Waals surface area contributed by atoms with Crippen LogP contribution in [0.5, 0.6) is 0 Å². The van der Waals surface area contributed by atoms with Gasteiger partial charge >= 0.3 is 0 Å². The molecule has 0 aliphatic heterocycles. The van der Waals surface area contributed by atoms with Crippen LogP contribution < -0.4 is 5.56 Å². The summed E-state index contributed by atoms with van der Waals surface area (Å²) >= 11 is 0. The van der Waals surface area contributed by atoms with Crippen molar-refractivity contribution >= 4 is 11.2 Å². The number of nitrogens with one attached hydrogen (secondary N) is 1. The van der Waals surface area contributed by atoms with Gasteiger partial charge in [0.1, 0.15) is 11.6 Å². The Hall–Kier alpha value is -2.45. The average Bonchev–Trinajstić information content (AvgIpc) is 3.65. The molecule has 1 saturated carbocycles. The number of aromatic amines is 1. The number of fused-ring (bicyclic) bond motifs is 1. The van der Waals surface area contributed by atoms with E-state index in [9.17, 15) is 9.90 Å². The smallest absolute Gasteiger partial charge is 0.279 e. The van der Waals surface area contributed by atoms with Gasteiger partial charge in [-0.2, -0.15) is 4.89 Å². The van der Waals surface area contributed by atoms with Gasteiger partial charge in [0.15, 0.2) is 11.2 Å². The molecule has 2 aromatic rings. The minimum atomic E-state index is -0.408. The number of aromatic nitrogens is 4. The summed E-state index contributed by atoms with van der Waals surface area (Å²) < 4.78 is 1.93. The molecule has 290 valence electrons. The van der Waals surface area contributed by atoms with Crippen molar-refractivity contribution in [1.82, 2.24) is 19.5 Å². The van der Waals surface area contributed by atoms with Crippen molar-refractivity contribution in [3.63, 3.8) is 0 Å². The van der Waals surface area contributed by atoms with Crippen LogP contribution in [0.4, 0.5) is 0 Å². The van der Waals surface area contributed by atoms with Gasteiger partial charge in [0.2, 0.25) is 0 Å². The number of imidazole rings is 1. The van der Waals surface area contributed by atoms with Gasteiger partial charge in [-0.25, -0.2) is 9.97 Å². The quantitative estimate of drug-likeness (QED) is 0.0258. The Morgan fingerprint density at radius 1 is 0.824 bits per heavy atom. The number of rotatable bonds is 32. The van der Waals surface area contributed by atoms with E-state index in [2.05, 4.69) is 35.0 Å². The first-order valence-corrected chi connectivity index (χ1v) is 21.2. The first-order valence-electron chi connectivity index (χ1n) is 21.2. The van der Waals surface area contributed by atoms with Crippen molar-refractivity contribution in [3.05, 3.63) is 47.0 Å². The third kappa shape index (κ3) is 16.8. The lowest BCUT2D eigenvalue weighted by molar-refractivity contribution is -0.264. The normalized spacial score (nSPS) is 17.5. The molecule has 1 fully saturated rings. The Balaban J connectivity index is 1.04. The van der Waals surface area contributed by atoms with Crippen LogP contribution in [0, 0.1) is 12.8 Å². The maximum Gasteiger partial charge on any atom is 0.279 e. The summed E-state index contributed by atoms with van der Waals surface area (Å²) in [7, 11) is 0. The van der Waals surface area contributed by atoms with E-state index in [1.54, 1.807) is 13.3 Å². The molecule has 0 spiro atoms. The third-order valence-electron chi connectivity index (χ3n) is 10.9. The maximum atomic E-state index is 12.2. The van der Waals surface area contributed by atoms with Crippen LogP contribution in [0.2, 0.25) is 0 Å². The lowest BCUT2D eigenvalue weighted by Crippen LogP contribution is -2.13. The fraction of sp³-hybridized carbons (Fsp3) is 0.791. The molecular formula is C43H74N4O4. The minimum absolute atomic E-state index is 0.0676. The first-order chi connectivity index (χ1) is 24.9. The van der Waals surface area contributed by atoms with Gasteiger partial charge in [0.25, 0.3) is 5.56 Å². The van der Waals surface area contributed by atoms with Gasteiger partial charge in [-0.15, -0.1) is 0 Å². The monoisotopic (exact) mass is 711 g/mol. The molecule has 0 saturated heterocycles. The molecule has 2 N–H and O–H groups in total. The van der Waals surface area contributed by atoms with Crippen molar-refractivity contribution in [2.24, 2.45) is 5.92 Å². The molecule has 3 atom stereocenters. The number of unbranched alkanes of at least 4 members (excludes halogenated alkanes) is 23. The highest BCUT2D eigenvalue weighted by atomic mass is 17.2. The second-order valence-electron chi connectivity index (χ2n) is 15.4. The summed E-state index contributed by atoms with van der Waals surface area (Å²) in [6.45, 7) is 13.1. The molecule has 8 nitrogen and oxygen atoms in total. The van der Waals surface area contributed by atoms with Crippen molar-refractivity contribution in [1.29, 1.82) is 0 Å². The Labute approximate surface area is 310 Å². The molecule has 0 unspecified atom stereocenters. The molecule has 3 rings (SSSR count).